The normalized spacial score (nSPS) is 19.1. The van der Waals surface area contributed by atoms with E-state index < -0.39 is 9.84 Å². The second-order valence-electron chi connectivity index (χ2n) is 6.19. The third-order valence-corrected chi connectivity index (χ3v) is 5.34. The van der Waals surface area contributed by atoms with Crippen LogP contribution in [0.4, 0.5) is 0 Å². The molecule has 0 radical (unpaired) electrons. The molecule has 2 heterocycles. The topological polar surface area (TPSA) is 63.2 Å². The number of likely N-dealkylation sites (tertiary alicyclic amines) is 1. The minimum Gasteiger partial charge on any atom is -0.298 e. The van der Waals surface area contributed by atoms with Gasteiger partial charge in [-0.25, -0.2) is 18.4 Å². The number of hydrogen-bond acceptors (Lipinski definition) is 5. The van der Waals surface area contributed by atoms with E-state index in [1.54, 1.807) is 12.1 Å². The molecule has 1 saturated heterocycles. The molecular formula is C17H21N3O2S. The minimum absolute atomic E-state index is 0.369. The van der Waals surface area contributed by atoms with Crippen molar-refractivity contribution in [3.8, 4) is 0 Å². The maximum Gasteiger partial charge on any atom is 0.175 e. The van der Waals surface area contributed by atoms with E-state index in [9.17, 15) is 8.42 Å². The SMILES string of the molecule is Cc1ccnc([C@@H]2CCN(Cc3ccc(S(C)(=O)=O)cc3)C2)n1. The lowest BCUT2D eigenvalue weighted by Crippen LogP contribution is -2.20. The minimum atomic E-state index is -3.13. The fourth-order valence-corrected chi connectivity index (χ4v) is 3.58. The van der Waals surface area contributed by atoms with Crippen molar-refractivity contribution < 1.29 is 8.42 Å². The molecule has 1 aromatic heterocycles. The Morgan fingerprint density at radius 1 is 1.22 bits per heavy atom. The van der Waals surface area contributed by atoms with Crippen LogP contribution in [-0.2, 0) is 16.4 Å². The van der Waals surface area contributed by atoms with Crippen LogP contribution in [0.3, 0.4) is 0 Å². The Balaban J connectivity index is 1.64. The highest BCUT2D eigenvalue weighted by Gasteiger charge is 2.25. The van der Waals surface area contributed by atoms with Gasteiger partial charge in [0.25, 0.3) is 0 Å². The molecule has 1 aliphatic rings. The zero-order valence-corrected chi connectivity index (χ0v) is 14.3. The van der Waals surface area contributed by atoms with E-state index in [0.717, 1.165) is 43.1 Å². The average Bonchev–Trinajstić information content (AvgIpc) is 2.95. The molecule has 1 fully saturated rings. The monoisotopic (exact) mass is 331 g/mol. The lowest BCUT2D eigenvalue weighted by atomic mass is 10.1. The summed E-state index contributed by atoms with van der Waals surface area (Å²) in [5.41, 5.74) is 2.13. The van der Waals surface area contributed by atoms with Gasteiger partial charge in [0.1, 0.15) is 5.82 Å². The van der Waals surface area contributed by atoms with Crippen LogP contribution in [0.25, 0.3) is 0 Å². The second-order valence-corrected chi connectivity index (χ2v) is 8.21. The summed E-state index contributed by atoms with van der Waals surface area (Å²) in [7, 11) is -3.13. The Morgan fingerprint density at radius 3 is 2.61 bits per heavy atom. The number of nitrogens with zero attached hydrogens (tertiary/aromatic N) is 3. The predicted molar refractivity (Wildman–Crippen MR) is 89.0 cm³/mol. The van der Waals surface area contributed by atoms with Gasteiger partial charge in [-0.1, -0.05) is 12.1 Å². The van der Waals surface area contributed by atoms with Crippen LogP contribution in [-0.4, -0.2) is 42.6 Å². The van der Waals surface area contributed by atoms with Crippen LogP contribution in [0.1, 0.15) is 29.4 Å². The van der Waals surface area contributed by atoms with E-state index in [2.05, 4.69) is 14.9 Å². The summed E-state index contributed by atoms with van der Waals surface area (Å²) < 4.78 is 23.0. The van der Waals surface area contributed by atoms with Crippen LogP contribution >= 0.6 is 0 Å². The van der Waals surface area contributed by atoms with E-state index in [1.807, 2.05) is 31.3 Å². The maximum absolute atomic E-state index is 11.5. The summed E-state index contributed by atoms with van der Waals surface area (Å²) >= 11 is 0. The van der Waals surface area contributed by atoms with Gasteiger partial charge in [-0.15, -0.1) is 0 Å². The summed E-state index contributed by atoms with van der Waals surface area (Å²) in [5.74, 6) is 1.31. The number of hydrogen-bond donors (Lipinski definition) is 0. The van der Waals surface area contributed by atoms with Crippen molar-refractivity contribution in [3.63, 3.8) is 0 Å². The van der Waals surface area contributed by atoms with E-state index in [4.69, 9.17) is 0 Å². The molecule has 1 atom stereocenters. The number of sulfone groups is 1. The van der Waals surface area contributed by atoms with E-state index in [1.165, 1.54) is 6.26 Å². The van der Waals surface area contributed by atoms with Crippen LogP contribution < -0.4 is 0 Å². The molecule has 1 aliphatic heterocycles. The van der Waals surface area contributed by atoms with Gasteiger partial charge in [-0.3, -0.25) is 4.90 Å². The second kappa shape index (κ2) is 6.37. The smallest absolute Gasteiger partial charge is 0.175 e. The summed E-state index contributed by atoms with van der Waals surface area (Å²) in [6.07, 6.45) is 4.12. The van der Waals surface area contributed by atoms with Gasteiger partial charge in [0, 0.05) is 37.2 Å². The summed E-state index contributed by atoms with van der Waals surface area (Å²) in [6, 6.07) is 9.07. The Labute approximate surface area is 137 Å². The van der Waals surface area contributed by atoms with Crippen LogP contribution in [0.15, 0.2) is 41.4 Å². The fraction of sp³-hybridized carbons (Fsp3) is 0.412. The molecule has 0 unspecified atom stereocenters. The van der Waals surface area contributed by atoms with Crippen LogP contribution in [0.2, 0.25) is 0 Å². The molecule has 0 amide bonds. The first-order chi connectivity index (χ1) is 10.9. The first-order valence-electron chi connectivity index (χ1n) is 7.73. The zero-order valence-electron chi connectivity index (χ0n) is 13.4. The molecular weight excluding hydrogens is 310 g/mol. The van der Waals surface area contributed by atoms with Crippen molar-refractivity contribution in [2.45, 2.75) is 30.7 Å². The highest BCUT2D eigenvalue weighted by atomic mass is 32.2. The average molecular weight is 331 g/mol. The molecule has 3 rings (SSSR count). The Bertz CT molecular complexity index is 788. The molecule has 0 N–H and O–H groups in total. The highest BCUT2D eigenvalue weighted by Crippen LogP contribution is 2.26. The molecule has 2 aromatic rings. The van der Waals surface area contributed by atoms with Gasteiger partial charge in [0.15, 0.2) is 9.84 Å². The lowest BCUT2D eigenvalue weighted by Gasteiger charge is -2.16. The van der Waals surface area contributed by atoms with E-state index in [-0.39, 0.29) is 0 Å². The van der Waals surface area contributed by atoms with Gasteiger partial charge in [0.05, 0.1) is 4.90 Å². The third kappa shape index (κ3) is 3.95. The van der Waals surface area contributed by atoms with Crippen molar-refractivity contribution in [2.75, 3.05) is 19.3 Å². The molecule has 0 saturated carbocycles. The van der Waals surface area contributed by atoms with Crippen molar-refractivity contribution in [2.24, 2.45) is 0 Å². The molecule has 0 aliphatic carbocycles. The largest absolute Gasteiger partial charge is 0.298 e. The Kier molecular flexibility index (Phi) is 4.46. The van der Waals surface area contributed by atoms with Gasteiger partial charge in [-0.05, 0) is 43.7 Å². The fourth-order valence-electron chi connectivity index (χ4n) is 2.95. The lowest BCUT2D eigenvalue weighted by molar-refractivity contribution is 0.325. The standard InChI is InChI=1S/C17H21N3O2S/c1-13-7-9-18-17(19-13)15-8-10-20(12-15)11-14-3-5-16(6-4-14)23(2,21)22/h3-7,9,15H,8,10-12H2,1-2H3/t15-/m1/s1. The van der Waals surface area contributed by atoms with E-state index in [0.29, 0.717) is 10.8 Å². The van der Waals surface area contributed by atoms with Gasteiger partial charge in [0.2, 0.25) is 0 Å². The van der Waals surface area contributed by atoms with Crippen molar-refractivity contribution in [1.82, 2.24) is 14.9 Å². The first kappa shape index (κ1) is 16.1. The zero-order chi connectivity index (χ0) is 16.4. The van der Waals surface area contributed by atoms with E-state index >= 15 is 0 Å². The van der Waals surface area contributed by atoms with Crippen LogP contribution in [0, 0.1) is 6.92 Å². The number of benzene rings is 1. The van der Waals surface area contributed by atoms with Gasteiger partial charge in [-0.2, -0.15) is 0 Å². The molecule has 23 heavy (non-hydrogen) atoms. The number of aryl methyl sites for hydroxylation is 1. The molecule has 122 valence electrons. The van der Waals surface area contributed by atoms with Gasteiger partial charge < -0.3 is 0 Å². The van der Waals surface area contributed by atoms with Crippen molar-refractivity contribution in [3.05, 3.63) is 53.6 Å². The summed E-state index contributed by atoms with van der Waals surface area (Å²) in [6.45, 7) is 4.76. The van der Waals surface area contributed by atoms with Crippen LogP contribution in [0.5, 0.6) is 0 Å². The molecule has 1 aromatic carbocycles. The quantitative estimate of drug-likeness (QED) is 0.859. The van der Waals surface area contributed by atoms with Crippen molar-refractivity contribution >= 4 is 9.84 Å². The first-order valence-corrected chi connectivity index (χ1v) is 9.62. The summed E-state index contributed by atoms with van der Waals surface area (Å²) in [4.78, 5) is 11.7. The van der Waals surface area contributed by atoms with Gasteiger partial charge >= 0.3 is 0 Å². The number of aromatic nitrogens is 2. The summed E-state index contributed by atoms with van der Waals surface area (Å²) in [5, 5.41) is 0. The third-order valence-electron chi connectivity index (χ3n) is 4.21. The number of rotatable bonds is 4. The molecule has 0 spiro atoms. The maximum atomic E-state index is 11.5. The Hall–Kier alpha value is -1.79. The van der Waals surface area contributed by atoms with Crippen molar-refractivity contribution in [1.29, 1.82) is 0 Å². The predicted octanol–water partition coefficient (Wildman–Crippen LogP) is 2.18. The molecule has 6 heteroatoms. The Morgan fingerprint density at radius 2 is 1.96 bits per heavy atom. The molecule has 0 bridgehead atoms. The highest BCUT2D eigenvalue weighted by molar-refractivity contribution is 7.90. The molecule has 5 nitrogen and oxygen atoms in total.